The van der Waals surface area contributed by atoms with Gasteiger partial charge in [-0.05, 0) is 19.2 Å². The fourth-order valence-corrected chi connectivity index (χ4v) is 4.27. The molecule has 2 rings (SSSR count). The van der Waals surface area contributed by atoms with E-state index in [0.29, 0.717) is 10.6 Å². The summed E-state index contributed by atoms with van der Waals surface area (Å²) >= 11 is 3.02. The molecule has 7 heteroatoms. The molecule has 0 radical (unpaired) electrons. The van der Waals surface area contributed by atoms with Crippen LogP contribution in [0.25, 0.3) is 0 Å². The third-order valence-corrected chi connectivity index (χ3v) is 5.28. The van der Waals surface area contributed by atoms with Gasteiger partial charge in [0.1, 0.15) is 9.88 Å². The standard InChI is InChI=1S/C12H19N3O2S2/c1-17-12(16)10-8(13)9(18-2)11(19-10)15-6-3-4-14-5-7-15/h14H,3-7,13H2,1-2H3. The van der Waals surface area contributed by atoms with Crippen LogP contribution < -0.4 is 16.0 Å². The molecule has 3 N–H and O–H groups in total. The van der Waals surface area contributed by atoms with Crippen molar-refractivity contribution in [3.05, 3.63) is 4.88 Å². The number of carbonyl (C=O) groups is 1. The third kappa shape index (κ3) is 2.98. The SMILES string of the molecule is COC(=O)c1sc(N2CCCNCC2)c(SC)c1N. The minimum atomic E-state index is -0.350. The molecule has 0 amide bonds. The number of hydrogen-bond donors (Lipinski definition) is 2. The first-order chi connectivity index (χ1) is 9.19. The number of ether oxygens (including phenoxy) is 1. The van der Waals surface area contributed by atoms with Gasteiger partial charge in [-0.1, -0.05) is 0 Å². The average Bonchev–Trinajstić information content (AvgIpc) is 2.61. The van der Waals surface area contributed by atoms with Crippen molar-refractivity contribution in [2.24, 2.45) is 0 Å². The van der Waals surface area contributed by atoms with E-state index in [0.717, 1.165) is 42.5 Å². The van der Waals surface area contributed by atoms with Gasteiger partial charge in [0.25, 0.3) is 0 Å². The van der Waals surface area contributed by atoms with Crippen molar-refractivity contribution in [1.29, 1.82) is 0 Å². The van der Waals surface area contributed by atoms with Crippen LogP contribution in [0.3, 0.4) is 0 Å². The summed E-state index contributed by atoms with van der Waals surface area (Å²) in [5.41, 5.74) is 6.64. The van der Waals surface area contributed by atoms with Gasteiger partial charge < -0.3 is 20.7 Å². The number of carbonyl (C=O) groups excluding carboxylic acids is 1. The van der Waals surface area contributed by atoms with Crippen LogP contribution in [0.4, 0.5) is 10.7 Å². The number of methoxy groups -OCH3 is 1. The van der Waals surface area contributed by atoms with Gasteiger partial charge in [0.15, 0.2) is 0 Å². The maximum Gasteiger partial charge on any atom is 0.350 e. The Morgan fingerprint density at radius 1 is 1.47 bits per heavy atom. The number of hydrogen-bond acceptors (Lipinski definition) is 7. The molecule has 2 heterocycles. The highest BCUT2D eigenvalue weighted by Crippen LogP contribution is 2.44. The highest BCUT2D eigenvalue weighted by atomic mass is 32.2. The lowest BCUT2D eigenvalue weighted by atomic mass is 10.3. The molecular weight excluding hydrogens is 282 g/mol. The number of nitrogens with zero attached hydrogens (tertiary/aromatic N) is 1. The van der Waals surface area contributed by atoms with Crippen LogP contribution in [0.5, 0.6) is 0 Å². The van der Waals surface area contributed by atoms with E-state index >= 15 is 0 Å². The Bertz CT molecular complexity index is 454. The minimum Gasteiger partial charge on any atom is -0.465 e. The largest absolute Gasteiger partial charge is 0.465 e. The zero-order chi connectivity index (χ0) is 13.8. The molecule has 1 aromatic rings. The molecular formula is C12H19N3O2S2. The molecule has 106 valence electrons. The quantitative estimate of drug-likeness (QED) is 0.653. The number of nitrogens with two attached hydrogens (primary N) is 1. The fourth-order valence-electron chi connectivity index (χ4n) is 2.11. The summed E-state index contributed by atoms with van der Waals surface area (Å²) < 4.78 is 4.79. The molecule has 0 aliphatic carbocycles. The van der Waals surface area contributed by atoms with E-state index in [4.69, 9.17) is 10.5 Å². The first-order valence-corrected chi connectivity index (χ1v) is 8.23. The molecule has 0 aromatic carbocycles. The molecule has 5 nitrogen and oxygen atoms in total. The van der Waals surface area contributed by atoms with Crippen LogP contribution >= 0.6 is 23.1 Å². The third-order valence-electron chi connectivity index (χ3n) is 3.08. The molecule has 1 saturated heterocycles. The first-order valence-electron chi connectivity index (χ1n) is 6.19. The van der Waals surface area contributed by atoms with Crippen molar-refractivity contribution in [1.82, 2.24) is 5.32 Å². The average molecular weight is 301 g/mol. The van der Waals surface area contributed by atoms with Gasteiger partial charge in [0.2, 0.25) is 0 Å². The van der Waals surface area contributed by atoms with Crippen molar-refractivity contribution in [3.8, 4) is 0 Å². The van der Waals surface area contributed by atoms with Gasteiger partial charge in [-0.3, -0.25) is 0 Å². The molecule has 0 unspecified atom stereocenters. The summed E-state index contributed by atoms with van der Waals surface area (Å²) in [5, 5.41) is 4.46. The van der Waals surface area contributed by atoms with E-state index in [9.17, 15) is 4.79 Å². The Hall–Kier alpha value is -0.920. The second-order valence-corrected chi connectivity index (χ2v) is 6.08. The van der Waals surface area contributed by atoms with Crippen molar-refractivity contribution < 1.29 is 9.53 Å². The van der Waals surface area contributed by atoms with Gasteiger partial charge in [-0.25, -0.2) is 4.79 Å². The number of nitrogen functional groups attached to an aromatic ring is 1. The van der Waals surface area contributed by atoms with Crippen LogP contribution in [0.1, 0.15) is 16.1 Å². The van der Waals surface area contributed by atoms with Crippen LogP contribution in [0, 0.1) is 0 Å². The highest BCUT2D eigenvalue weighted by Gasteiger charge is 2.24. The molecule has 1 fully saturated rings. The summed E-state index contributed by atoms with van der Waals surface area (Å²) in [6, 6.07) is 0. The van der Waals surface area contributed by atoms with E-state index in [1.54, 1.807) is 11.8 Å². The number of thiophene rings is 1. The van der Waals surface area contributed by atoms with E-state index in [1.165, 1.54) is 18.4 Å². The lowest BCUT2D eigenvalue weighted by molar-refractivity contribution is 0.0607. The second-order valence-electron chi connectivity index (χ2n) is 4.27. The molecule has 19 heavy (non-hydrogen) atoms. The smallest absolute Gasteiger partial charge is 0.350 e. The van der Waals surface area contributed by atoms with Gasteiger partial charge in [0.05, 0.1) is 17.7 Å². The van der Waals surface area contributed by atoms with Crippen LogP contribution in [0.15, 0.2) is 4.90 Å². The van der Waals surface area contributed by atoms with Crippen LogP contribution in [-0.4, -0.2) is 45.5 Å². The number of anilines is 2. The first kappa shape index (κ1) is 14.5. The topological polar surface area (TPSA) is 67.6 Å². The van der Waals surface area contributed by atoms with E-state index < -0.39 is 0 Å². The van der Waals surface area contributed by atoms with Gasteiger partial charge >= 0.3 is 5.97 Å². The van der Waals surface area contributed by atoms with Crippen molar-refractivity contribution >= 4 is 39.8 Å². The fraction of sp³-hybridized carbons (Fsp3) is 0.583. The Labute approximate surface area is 121 Å². The summed E-state index contributed by atoms with van der Waals surface area (Å²) in [5.74, 6) is -0.350. The van der Waals surface area contributed by atoms with Crippen molar-refractivity contribution in [2.75, 3.05) is 50.2 Å². The highest BCUT2D eigenvalue weighted by molar-refractivity contribution is 7.99. The van der Waals surface area contributed by atoms with Gasteiger partial charge in [-0.2, -0.15) is 0 Å². The Morgan fingerprint density at radius 3 is 2.95 bits per heavy atom. The van der Waals surface area contributed by atoms with Crippen molar-refractivity contribution in [2.45, 2.75) is 11.3 Å². The Kier molecular flexibility index (Phi) is 4.95. The van der Waals surface area contributed by atoms with Gasteiger partial charge in [0, 0.05) is 19.6 Å². The van der Waals surface area contributed by atoms with Gasteiger partial charge in [-0.15, -0.1) is 23.1 Å². The predicted octanol–water partition coefficient (Wildman–Crippen LogP) is 1.64. The molecule has 0 bridgehead atoms. The maximum absolute atomic E-state index is 11.7. The summed E-state index contributed by atoms with van der Waals surface area (Å²) in [6.07, 6.45) is 3.08. The maximum atomic E-state index is 11.7. The van der Waals surface area contributed by atoms with E-state index in [2.05, 4.69) is 10.2 Å². The Balaban J connectivity index is 2.35. The molecule has 1 aliphatic heterocycles. The molecule has 0 saturated carbocycles. The number of esters is 1. The summed E-state index contributed by atoms with van der Waals surface area (Å²) in [7, 11) is 1.38. The zero-order valence-corrected chi connectivity index (χ0v) is 12.8. The Morgan fingerprint density at radius 2 is 2.26 bits per heavy atom. The number of nitrogens with one attached hydrogen (secondary N) is 1. The second kappa shape index (κ2) is 6.49. The van der Waals surface area contributed by atoms with E-state index in [-0.39, 0.29) is 5.97 Å². The van der Waals surface area contributed by atoms with Crippen molar-refractivity contribution in [3.63, 3.8) is 0 Å². The van der Waals surface area contributed by atoms with E-state index in [1.807, 2.05) is 6.26 Å². The summed E-state index contributed by atoms with van der Waals surface area (Å²) in [4.78, 5) is 15.5. The number of thioether (sulfide) groups is 1. The molecule has 1 aliphatic rings. The normalized spacial score (nSPS) is 16.2. The summed E-state index contributed by atoms with van der Waals surface area (Å²) in [6.45, 7) is 3.92. The monoisotopic (exact) mass is 301 g/mol. The predicted molar refractivity (Wildman–Crippen MR) is 81.6 cm³/mol. The lowest BCUT2D eigenvalue weighted by Crippen LogP contribution is -2.27. The zero-order valence-electron chi connectivity index (χ0n) is 11.2. The lowest BCUT2D eigenvalue weighted by Gasteiger charge is -2.21. The van der Waals surface area contributed by atoms with Crippen LogP contribution in [-0.2, 0) is 4.74 Å². The van der Waals surface area contributed by atoms with Crippen LogP contribution in [0.2, 0.25) is 0 Å². The molecule has 1 aromatic heterocycles. The molecule has 0 atom stereocenters. The number of rotatable bonds is 3. The minimum absolute atomic E-state index is 0.350. The molecule has 0 spiro atoms.